The molecule has 0 heterocycles. The average Bonchev–Trinajstić information content (AvgIpc) is 2.25. The highest BCUT2D eigenvalue weighted by molar-refractivity contribution is 7.86. The number of unbranched alkanes of at least 4 members (excludes halogenated alkanes) is 2. The summed E-state index contributed by atoms with van der Waals surface area (Å²) in [5.74, 6) is 0. The lowest BCUT2D eigenvalue weighted by Gasteiger charge is -2.05. The van der Waals surface area contributed by atoms with Crippen LogP contribution in [-0.2, 0) is 14.3 Å². The lowest BCUT2D eigenvalue weighted by Crippen LogP contribution is -2.07. The predicted molar refractivity (Wildman–Crippen MR) is 64.1 cm³/mol. The van der Waals surface area contributed by atoms with Crippen molar-refractivity contribution in [1.29, 1.82) is 0 Å². The Morgan fingerprint density at radius 3 is 2.38 bits per heavy atom. The van der Waals surface area contributed by atoms with Gasteiger partial charge < -0.3 is 0 Å². The molecule has 0 spiro atoms. The van der Waals surface area contributed by atoms with E-state index in [9.17, 15) is 8.42 Å². The molecule has 1 aromatic rings. The highest BCUT2D eigenvalue weighted by Gasteiger charge is 2.14. The van der Waals surface area contributed by atoms with Gasteiger partial charge in [-0.15, -0.1) is 0 Å². The van der Waals surface area contributed by atoms with Gasteiger partial charge >= 0.3 is 0 Å². The quantitative estimate of drug-likeness (QED) is 0.584. The lowest BCUT2D eigenvalue weighted by molar-refractivity contribution is 0.308. The third-order valence-electron chi connectivity index (χ3n) is 2.09. The molecule has 0 saturated carbocycles. The Balaban J connectivity index is 2.60. The van der Waals surface area contributed by atoms with Gasteiger partial charge in [0.25, 0.3) is 10.1 Å². The van der Waals surface area contributed by atoms with Gasteiger partial charge in [-0.3, -0.25) is 4.18 Å². The van der Waals surface area contributed by atoms with Crippen molar-refractivity contribution in [2.24, 2.45) is 0 Å². The molecule has 90 valence electrons. The van der Waals surface area contributed by atoms with E-state index in [0.717, 1.165) is 19.3 Å². The summed E-state index contributed by atoms with van der Waals surface area (Å²) >= 11 is 5.67. The second-order valence-electron chi connectivity index (χ2n) is 3.44. The first-order chi connectivity index (χ1) is 7.56. The van der Waals surface area contributed by atoms with Crippen LogP contribution in [0, 0.1) is 0 Å². The molecular formula is C11H15ClO3S. The van der Waals surface area contributed by atoms with Crippen LogP contribution in [0.3, 0.4) is 0 Å². The Labute approximate surface area is 102 Å². The maximum absolute atomic E-state index is 11.6. The summed E-state index contributed by atoms with van der Waals surface area (Å²) < 4.78 is 28.2. The molecule has 1 aromatic carbocycles. The summed E-state index contributed by atoms with van der Waals surface area (Å²) in [6.07, 6.45) is 2.75. The molecule has 5 heteroatoms. The minimum atomic E-state index is -3.62. The third-order valence-corrected chi connectivity index (χ3v) is 3.67. The van der Waals surface area contributed by atoms with Crippen molar-refractivity contribution in [2.75, 3.05) is 6.61 Å². The minimum Gasteiger partial charge on any atom is -0.266 e. The fraction of sp³-hybridized carbons (Fsp3) is 0.455. The van der Waals surface area contributed by atoms with Crippen LogP contribution in [0.25, 0.3) is 0 Å². The third kappa shape index (κ3) is 4.12. The number of rotatable bonds is 6. The molecule has 0 radical (unpaired) electrons. The molecule has 3 nitrogen and oxygen atoms in total. The van der Waals surface area contributed by atoms with Crippen molar-refractivity contribution >= 4 is 21.7 Å². The first kappa shape index (κ1) is 13.5. The van der Waals surface area contributed by atoms with E-state index >= 15 is 0 Å². The van der Waals surface area contributed by atoms with Gasteiger partial charge in [-0.1, -0.05) is 31.4 Å². The van der Waals surface area contributed by atoms with Crippen molar-refractivity contribution in [1.82, 2.24) is 0 Å². The van der Waals surface area contributed by atoms with Gasteiger partial charge in [-0.2, -0.15) is 8.42 Å². The largest absolute Gasteiger partial charge is 0.296 e. The van der Waals surface area contributed by atoms with E-state index in [4.69, 9.17) is 15.8 Å². The van der Waals surface area contributed by atoms with Gasteiger partial charge in [0.2, 0.25) is 0 Å². The molecule has 0 amide bonds. The molecule has 0 aliphatic rings. The van der Waals surface area contributed by atoms with Crippen molar-refractivity contribution in [2.45, 2.75) is 31.1 Å². The molecule has 0 unspecified atom stereocenters. The zero-order valence-electron chi connectivity index (χ0n) is 9.15. The van der Waals surface area contributed by atoms with Crippen LogP contribution in [0.1, 0.15) is 26.2 Å². The number of halogens is 1. The van der Waals surface area contributed by atoms with Crippen LogP contribution < -0.4 is 0 Å². The average molecular weight is 263 g/mol. The maximum atomic E-state index is 11.6. The molecule has 0 aromatic heterocycles. The number of hydrogen-bond acceptors (Lipinski definition) is 3. The van der Waals surface area contributed by atoms with Gasteiger partial charge in [0.05, 0.1) is 11.5 Å². The first-order valence-corrected chi connectivity index (χ1v) is 7.00. The van der Waals surface area contributed by atoms with Gasteiger partial charge in [-0.25, -0.2) is 0 Å². The number of hydrogen-bond donors (Lipinski definition) is 0. The van der Waals surface area contributed by atoms with Gasteiger partial charge in [-0.05, 0) is 30.7 Å². The summed E-state index contributed by atoms with van der Waals surface area (Å²) in [6.45, 7) is 2.28. The van der Waals surface area contributed by atoms with Crippen molar-refractivity contribution < 1.29 is 12.6 Å². The molecule has 0 fully saturated rings. The fourth-order valence-electron chi connectivity index (χ4n) is 1.19. The molecular weight excluding hydrogens is 248 g/mol. The SMILES string of the molecule is CCCCCOS(=O)(=O)c1ccc(Cl)cc1. The van der Waals surface area contributed by atoms with E-state index in [2.05, 4.69) is 0 Å². The summed E-state index contributed by atoms with van der Waals surface area (Å²) in [6, 6.07) is 5.95. The maximum Gasteiger partial charge on any atom is 0.296 e. The molecule has 1 rings (SSSR count). The van der Waals surface area contributed by atoms with Crippen molar-refractivity contribution in [3.8, 4) is 0 Å². The Bertz CT molecular complexity index is 411. The van der Waals surface area contributed by atoms with Crippen LogP contribution >= 0.6 is 11.6 Å². The van der Waals surface area contributed by atoms with Crippen LogP contribution in [0.4, 0.5) is 0 Å². The van der Waals surface area contributed by atoms with Gasteiger partial charge in [0.15, 0.2) is 0 Å². The minimum absolute atomic E-state index is 0.147. The molecule has 0 aliphatic heterocycles. The first-order valence-electron chi connectivity index (χ1n) is 5.21. The molecule has 0 atom stereocenters. The molecule has 0 N–H and O–H groups in total. The van der Waals surface area contributed by atoms with Crippen LogP contribution in [0.15, 0.2) is 29.2 Å². The monoisotopic (exact) mass is 262 g/mol. The Hall–Kier alpha value is -0.580. The smallest absolute Gasteiger partial charge is 0.266 e. The Morgan fingerprint density at radius 2 is 1.81 bits per heavy atom. The molecule has 0 bridgehead atoms. The van der Waals surface area contributed by atoms with Crippen molar-refractivity contribution in [3.63, 3.8) is 0 Å². The van der Waals surface area contributed by atoms with E-state index in [0.29, 0.717) is 5.02 Å². The van der Waals surface area contributed by atoms with E-state index in [1.165, 1.54) is 24.3 Å². The van der Waals surface area contributed by atoms with E-state index in [1.54, 1.807) is 0 Å². The molecule has 0 saturated heterocycles. The topological polar surface area (TPSA) is 43.4 Å². The second-order valence-corrected chi connectivity index (χ2v) is 5.49. The van der Waals surface area contributed by atoms with E-state index in [1.807, 2.05) is 6.92 Å². The van der Waals surface area contributed by atoms with Crippen LogP contribution in [0.5, 0.6) is 0 Å². The van der Waals surface area contributed by atoms with Gasteiger partial charge in [0.1, 0.15) is 0 Å². The highest BCUT2D eigenvalue weighted by Crippen LogP contribution is 2.16. The standard InChI is InChI=1S/C11H15ClO3S/c1-2-3-4-9-15-16(13,14)11-7-5-10(12)6-8-11/h5-8H,2-4,9H2,1H3. The van der Waals surface area contributed by atoms with Gasteiger partial charge in [0, 0.05) is 5.02 Å². The van der Waals surface area contributed by atoms with Crippen LogP contribution in [-0.4, -0.2) is 15.0 Å². The molecule has 0 aliphatic carbocycles. The highest BCUT2D eigenvalue weighted by atomic mass is 35.5. The summed E-state index contributed by atoms with van der Waals surface area (Å²) in [7, 11) is -3.62. The summed E-state index contributed by atoms with van der Waals surface area (Å²) in [5, 5.41) is 0.505. The number of benzene rings is 1. The normalized spacial score (nSPS) is 11.6. The molecule has 16 heavy (non-hydrogen) atoms. The summed E-state index contributed by atoms with van der Waals surface area (Å²) in [4.78, 5) is 0.147. The fourth-order valence-corrected chi connectivity index (χ4v) is 2.26. The van der Waals surface area contributed by atoms with E-state index < -0.39 is 10.1 Å². The van der Waals surface area contributed by atoms with Crippen LogP contribution in [0.2, 0.25) is 5.02 Å². The zero-order chi connectivity index (χ0) is 12.0. The Kier molecular flexibility index (Phi) is 5.25. The van der Waals surface area contributed by atoms with Crippen molar-refractivity contribution in [3.05, 3.63) is 29.3 Å². The van der Waals surface area contributed by atoms with E-state index in [-0.39, 0.29) is 11.5 Å². The second kappa shape index (κ2) is 6.23. The zero-order valence-corrected chi connectivity index (χ0v) is 10.7. The lowest BCUT2D eigenvalue weighted by atomic mass is 10.3. The summed E-state index contributed by atoms with van der Waals surface area (Å²) in [5.41, 5.74) is 0. The Morgan fingerprint density at radius 1 is 1.19 bits per heavy atom. The predicted octanol–water partition coefficient (Wildman–Crippen LogP) is 3.24.